The molecule has 0 aromatic heterocycles. The molecule has 3 rings (SSSR count). The van der Waals surface area contributed by atoms with Crippen LogP contribution in [0, 0.1) is 0 Å². The van der Waals surface area contributed by atoms with Crippen LogP contribution in [0.4, 0.5) is 0 Å². The normalized spacial score (nSPS) is 23.1. The number of nitrogens with one attached hydrogen (secondary N) is 1. The number of rotatable bonds is 5. The van der Waals surface area contributed by atoms with Crippen LogP contribution < -0.4 is 5.32 Å². The van der Waals surface area contributed by atoms with Crippen molar-refractivity contribution >= 4 is 17.5 Å². The predicted octanol–water partition coefficient (Wildman–Crippen LogP) is 2.24. The second-order valence-corrected chi connectivity index (χ2v) is 5.92. The summed E-state index contributed by atoms with van der Waals surface area (Å²) in [5, 5.41) is 4.19. The summed E-state index contributed by atoms with van der Waals surface area (Å²) in [6.45, 7) is 1.69. The summed E-state index contributed by atoms with van der Waals surface area (Å²) >= 11 is 5.86. The van der Waals surface area contributed by atoms with Gasteiger partial charge in [-0.1, -0.05) is 23.7 Å². The molecule has 1 unspecified atom stereocenters. The first-order valence-corrected chi connectivity index (χ1v) is 7.39. The standard InChI is InChI=1S/C15H19ClN2O/c16-12-3-1-11(2-4-12)7-9-18-10-8-14(15(18)19)17-13-5-6-13/h1-4,13-14,17H,5-10H2. The van der Waals surface area contributed by atoms with Crippen LogP contribution in [0.15, 0.2) is 24.3 Å². The van der Waals surface area contributed by atoms with Crippen LogP contribution in [0.25, 0.3) is 0 Å². The Morgan fingerprint density at radius 3 is 2.63 bits per heavy atom. The number of benzene rings is 1. The molecule has 0 spiro atoms. The Morgan fingerprint density at radius 1 is 1.21 bits per heavy atom. The van der Waals surface area contributed by atoms with Crippen molar-refractivity contribution in [3.63, 3.8) is 0 Å². The quantitative estimate of drug-likeness (QED) is 0.896. The highest BCUT2D eigenvalue weighted by Gasteiger charge is 2.35. The molecule has 2 fully saturated rings. The zero-order valence-corrected chi connectivity index (χ0v) is 11.7. The van der Waals surface area contributed by atoms with Gasteiger partial charge in [-0.3, -0.25) is 4.79 Å². The van der Waals surface area contributed by atoms with Crippen molar-refractivity contribution in [2.45, 2.75) is 37.8 Å². The number of carbonyl (C=O) groups excluding carboxylic acids is 1. The number of halogens is 1. The number of carbonyl (C=O) groups is 1. The van der Waals surface area contributed by atoms with Gasteiger partial charge in [-0.25, -0.2) is 0 Å². The number of hydrogen-bond acceptors (Lipinski definition) is 2. The van der Waals surface area contributed by atoms with E-state index in [4.69, 9.17) is 11.6 Å². The van der Waals surface area contributed by atoms with Crippen LogP contribution in [0.1, 0.15) is 24.8 Å². The average molecular weight is 279 g/mol. The molecule has 3 nitrogen and oxygen atoms in total. The first-order valence-electron chi connectivity index (χ1n) is 7.01. The molecule has 1 amide bonds. The van der Waals surface area contributed by atoms with Crippen LogP contribution in [-0.4, -0.2) is 36.0 Å². The van der Waals surface area contributed by atoms with E-state index in [2.05, 4.69) is 5.32 Å². The van der Waals surface area contributed by atoms with Crippen LogP contribution in [0.2, 0.25) is 5.02 Å². The summed E-state index contributed by atoms with van der Waals surface area (Å²) in [4.78, 5) is 14.2. The molecule has 1 saturated heterocycles. The minimum atomic E-state index is 0.0673. The first-order chi connectivity index (χ1) is 9.22. The Hall–Kier alpha value is -1.06. The third-order valence-electron chi connectivity index (χ3n) is 3.90. The maximum atomic E-state index is 12.2. The second-order valence-electron chi connectivity index (χ2n) is 5.48. The minimum absolute atomic E-state index is 0.0673. The maximum absolute atomic E-state index is 12.2. The van der Waals surface area contributed by atoms with E-state index in [9.17, 15) is 4.79 Å². The minimum Gasteiger partial charge on any atom is -0.341 e. The largest absolute Gasteiger partial charge is 0.341 e. The van der Waals surface area contributed by atoms with Crippen molar-refractivity contribution in [2.24, 2.45) is 0 Å². The Balaban J connectivity index is 1.50. The molecule has 2 aliphatic rings. The van der Waals surface area contributed by atoms with Crippen LogP contribution >= 0.6 is 11.6 Å². The van der Waals surface area contributed by atoms with E-state index in [-0.39, 0.29) is 11.9 Å². The molecule has 4 heteroatoms. The van der Waals surface area contributed by atoms with Crippen molar-refractivity contribution in [3.8, 4) is 0 Å². The summed E-state index contributed by atoms with van der Waals surface area (Å²) in [6, 6.07) is 8.54. The van der Waals surface area contributed by atoms with E-state index in [1.54, 1.807) is 0 Å². The highest BCUT2D eigenvalue weighted by atomic mass is 35.5. The first kappa shape index (κ1) is 12.9. The molecule has 1 aliphatic heterocycles. The Morgan fingerprint density at radius 2 is 1.95 bits per heavy atom. The van der Waals surface area contributed by atoms with Crippen LogP contribution in [0.5, 0.6) is 0 Å². The van der Waals surface area contributed by atoms with Gasteiger partial charge in [0.05, 0.1) is 6.04 Å². The summed E-state index contributed by atoms with van der Waals surface area (Å²) in [5.41, 5.74) is 1.23. The molecule has 102 valence electrons. The van der Waals surface area contributed by atoms with Gasteiger partial charge in [0.25, 0.3) is 0 Å². The molecule has 1 aromatic carbocycles. The summed E-state index contributed by atoms with van der Waals surface area (Å²) in [7, 11) is 0. The van der Waals surface area contributed by atoms with Gasteiger partial charge in [0, 0.05) is 24.2 Å². The zero-order valence-electron chi connectivity index (χ0n) is 10.9. The molecule has 1 saturated carbocycles. The number of amides is 1. The summed E-state index contributed by atoms with van der Waals surface area (Å²) < 4.78 is 0. The third-order valence-corrected chi connectivity index (χ3v) is 4.15. The number of hydrogen-bond donors (Lipinski definition) is 1. The second kappa shape index (κ2) is 5.51. The summed E-state index contributed by atoms with van der Waals surface area (Å²) in [6.07, 6.45) is 4.32. The Bertz CT molecular complexity index is 456. The molecule has 1 aromatic rings. The zero-order chi connectivity index (χ0) is 13.2. The van der Waals surface area contributed by atoms with Gasteiger partial charge in [0.15, 0.2) is 0 Å². The van der Waals surface area contributed by atoms with E-state index in [0.717, 1.165) is 31.0 Å². The van der Waals surface area contributed by atoms with E-state index in [1.165, 1.54) is 18.4 Å². The van der Waals surface area contributed by atoms with Gasteiger partial charge in [-0.15, -0.1) is 0 Å². The average Bonchev–Trinajstić information content (AvgIpc) is 3.16. The smallest absolute Gasteiger partial charge is 0.239 e. The molecule has 1 heterocycles. The monoisotopic (exact) mass is 278 g/mol. The highest BCUT2D eigenvalue weighted by molar-refractivity contribution is 6.30. The maximum Gasteiger partial charge on any atom is 0.239 e. The molecule has 0 radical (unpaired) electrons. The lowest BCUT2D eigenvalue weighted by Gasteiger charge is -2.17. The highest BCUT2D eigenvalue weighted by Crippen LogP contribution is 2.22. The lowest BCUT2D eigenvalue weighted by atomic mass is 10.1. The van der Waals surface area contributed by atoms with E-state index in [0.29, 0.717) is 6.04 Å². The van der Waals surface area contributed by atoms with Crippen molar-refractivity contribution in [3.05, 3.63) is 34.9 Å². The molecule has 1 atom stereocenters. The molecular weight excluding hydrogens is 260 g/mol. The van der Waals surface area contributed by atoms with Gasteiger partial charge in [-0.2, -0.15) is 0 Å². The Kier molecular flexibility index (Phi) is 3.76. The fraction of sp³-hybridized carbons (Fsp3) is 0.533. The van der Waals surface area contributed by atoms with Gasteiger partial charge in [-0.05, 0) is 43.4 Å². The van der Waals surface area contributed by atoms with Crippen molar-refractivity contribution < 1.29 is 4.79 Å². The molecule has 19 heavy (non-hydrogen) atoms. The lowest BCUT2D eigenvalue weighted by molar-refractivity contribution is -0.129. The third kappa shape index (κ3) is 3.28. The number of nitrogens with zero attached hydrogens (tertiary/aromatic N) is 1. The molecular formula is C15H19ClN2O. The van der Waals surface area contributed by atoms with Crippen molar-refractivity contribution in [2.75, 3.05) is 13.1 Å². The van der Waals surface area contributed by atoms with Gasteiger partial charge in [0.1, 0.15) is 0 Å². The fourth-order valence-electron chi connectivity index (χ4n) is 2.57. The molecule has 0 bridgehead atoms. The van der Waals surface area contributed by atoms with Crippen molar-refractivity contribution in [1.29, 1.82) is 0 Å². The molecule has 1 aliphatic carbocycles. The van der Waals surface area contributed by atoms with Crippen molar-refractivity contribution in [1.82, 2.24) is 10.2 Å². The van der Waals surface area contributed by atoms with E-state index < -0.39 is 0 Å². The van der Waals surface area contributed by atoms with Gasteiger partial charge >= 0.3 is 0 Å². The Labute approximate surface area is 118 Å². The number of likely N-dealkylation sites (tertiary alicyclic amines) is 1. The summed E-state index contributed by atoms with van der Waals surface area (Å²) in [5.74, 6) is 0.279. The predicted molar refractivity (Wildman–Crippen MR) is 76.3 cm³/mol. The van der Waals surface area contributed by atoms with E-state index in [1.807, 2.05) is 29.2 Å². The topological polar surface area (TPSA) is 32.3 Å². The molecule has 1 N–H and O–H groups in total. The van der Waals surface area contributed by atoms with E-state index >= 15 is 0 Å². The van der Waals surface area contributed by atoms with Crippen LogP contribution in [-0.2, 0) is 11.2 Å². The lowest BCUT2D eigenvalue weighted by Crippen LogP contribution is -2.39. The van der Waals surface area contributed by atoms with Gasteiger partial charge < -0.3 is 10.2 Å². The fourth-order valence-corrected chi connectivity index (χ4v) is 2.69. The van der Waals surface area contributed by atoms with Crippen LogP contribution in [0.3, 0.4) is 0 Å². The van der Waals surface area contributed by atoms with Gasteiger partial charge in [0.2, 0.25) is 5.91 Å². The SMILES string of the molecule is O=C1C(NC2CC2)CCN1CCc1ccc(Cl)cc1.